The van der Waals surface area contributed by atoms with Crippen LogP contribution in [0, 0.1) is 22.8 Å². The summed E-state index contributed by atoms with van der Waals surface area (Å²) in [7, 11) is 1.55. The van der Waals surface area contributed by atoms with E-state index in [0.29, 0.717) is 23.0 Å². The minimum absolute atomic E-state index is 0.347. The second kappa shape index (κ2) is 6.51. The molecule has 7 nitrogen and oxygen atoms in total. The molecule has 0 atom stereocenters. The zero-order valence-electron chi connectivity index (χ0n) is 12.7. The van der Waals surface area contributed by atoms with E-state index in [0.717, 1.165) is 11.1 Å². The van der Waals surface area contributed by atoms with Crippen LogP contribution in [0.1, 0.15) is 5.56 Å². The monoisotopic (exact) mass is 317 g/mol. The van der Waals surface area contributed by atoms with Crippen LogP contribution in [0.15, 0.2) is 48.8 Å². The molecule has 0 aliphatic rings. The number of rotatable bonds is 4. The zero-order valence-corrected chi connectivity index (χ0v) is 12.7. The molecular formula is C17H11N5O2. The maximum atomic E-state index is 8.88. The molecule has 0 radical (unpaired) electrons. The number of nitriles is 2. The van der Waals surface area contributed by atoms with Crippen molar-refractivity contribution in [1.29, 1.82) is 10.5 Å². The van der Waals surface area contributed by atoms with Gasteiger partial charge in [0.05, 0.1) is 36.7 Å². The van der Waals surface area contributed by atoms with Crippen LogP contribution in [0.3, 0.4) is 0 Å². The largest absolute Gasteiger partial charge is 0.480 e. The Morgan fingerprint density at radius 3 is 2.42 bits per heavy atom. The summed E-state index contributed by atoms with van der Waals surface area (Å²) in [6.07, 6.45) is 4.69. The van der Waals surface area contributed by atoms with E-state index in [9.17, 15) is 0 Å². The molecule has 0 fully saturated rings. The highest BCUT2D eigenvalue weighted by Gasteiger charge is 2.15. The first kappa shape index (κ1) is 15.1. The lowest BCUT2D eigenvalue weighted by molar-refractivity contribution is 0.384. The molecule has 0 saturated heterocycles. The molecular weight excluding hydrogens is 306 g/mol. The van der Waals surface area contributed by atoms with E-state index < -0.39 is 0 Å². The minimum atomic E-state index is 0.347. The average Bonchev–Trinajstić information content (AvgIpc) is 3.06. The lowest BCUT2D eigenvalue weighted by atomic mass is 10.1. The average molecular weight is 317 g/mol. The molecule has 7 heteroatoms. The van der Waals surface area contributed by atoms with E-state index in [-0.39, 0.29) is 0 Å². The van der Waals surface area contributed by atoms with Crippen molar-refractivity contribution >= 4 is 0 Å². The third kappa shape index (κ3) is 2.74. The number of aromatic nitrogens is 3. The first-order chi connectivity index (χ1) is 11.8. The van der Waals surface area contributed by atoms with Crippen LogP contribution < -0.4 is 9.47 Å². The van der Waals surface area contributed by atoms with E-state index >= 15 is 0 Å². The Kier molecular flexibility index (Phi) is 4.09. The zero-order chi connectivity index (χ0) is 16.9. The van der Waals surface area contributed by atoms with Gasteiger partial charge in [0.25, 0.3) is 6.26 Å². The van der Waals surface area contributed by atoms with E-state index in [1.54, 1.807) is 48.5 Å². The Labute approximate surface area is 137 Å². The van der Waals surface area contributed by atoms with Crippen LogP contribution >= 0.6 is 0 Å². The van der Waals surface area contributed by atoms with Gasteiger partial charge in [0.1, 0.15) is 0 Å². The van der Waals surface area contributed by atoms with Crippen molar-refractivity contribution in [2.75, 3.05) is 7.11 Å². The molecule has 2 heterocycles. The van der Waals surface area contributed by atoms with Gasteiger partial charge < -0.3 is 9.47 Å². The van der Waals surface area contributed by atoms with Gasteiger partial charge in [0.2, 0.25) is 5.88 Å². The predicted molar refractivity (Wildman–Crippen MR) is 84.3 cm³/mol. The van der Waals surface area contributed by atoms with Crippen molar-refractivity contribution in [1.82, 2.24) is 14.8 Å². The normalized spacial score (nSPS) is 9.79. The SMILES string of the molecule is COc1c(-c2ccc(C#N)cc2)cnn1-c1ccc(OC#N)cn1. The number of benzene rings is 1. The van der Waals surface area contributed by atoms with Gasteiger partial charge in [-0.25, -0.2) is 4.98 Å². The third-order valence-corrected chi connectivity index (χ3v) is 3.34. The summed E-state index contributed by atoms with van der Waals surface area (Å²) >= 11 is 0. The van der Waals surface area contributed by atoms with Crippen molar-refractivity contribution in [3.63, 3.8) is 0 Å². The smallest absolute Gasteiger partial charge is 0.292 e. The number of methoxy groups -OCH3 is 1. The van der Waals surface area contributed by atoms with E-state index in [2.05, 4.69) is 16.2 Å². The molecule has 3 rings (SSSR count). The maximum absolute atomic E-state index is 8.88. The van der Waals surface area contributed by atoms with Crippen LogP contribution in [0.2, 0.25) is 0 Å². The van der Waals surface area contributed by atoms with Crippen molar-refractivity contribution < 1.29 is 9.47 Å². The summed E-state index contributed by atoms with van der Waals surface area (Å²) in [5.41, 5.74) is 2.24. The van der Waals surface area contributed by atoms with Gasteiger partial charge in [-0.2, -0.15) is 15.0 Å². The van der Waals surface area contributed by atoms with Crippen LogP contribution in [-0.4, -0.2) is 21.9 Å². The quantitative estimate of drug-likeness (QED) is 0.686. The number of ether oxygens (including phenoxy) is 2. The number of hydrogen-bond acceptors (Lipinski definition) is 6. The Morgan fingerprint density at radius 2 is 1.83 bits per heavy atom. The van der Waals surface area contributed by atoms with Gasteiger partial charge in [-0.05, 0) is 29.8 Å². The molecule has 0 aliphatic carbocycles. The van der Waals surface area contributed by atoms with E-state index in [1.807, 2.05) is 12.1 Å². The maximum Gasteiger partial charge on any atom is 0.292 e. The van der Waals surface area contributed by atoms with Gasteiger partial charge in [-0.1, -0.05) is 12.1 Å². The summed E-state index contributed by atoms with van der Waals surface area (Å²) in [4.78, 5) is 4.21. The molecule has 1 aromatic carbocycles. The van der Waals surface area contributed by atoms with Crippen molar-refractivity contribution in [3.05, 3.63) is 54.4 Å². The molecule has 0 N–H and O–H groups in total. The van der Waals surface area contributed by atoms with Crippen LogP contribution in [0.4, 0.5) is 0 Å². The van der Waals surface area contributed by atoms with Crippen molar-refractivity contribution in [2.45, 2.75) is 0 Å². The summed E-state index contributed by atoms with van der Waals surface area (Å²) in [5, 5.41) is 21.7. The topological polar surface area (TPSA) is 96.7 Å². The molecule has 116 valence electrons. The molecule has 2 aromatic heterocycles. The number of hydrogen-bond donors (Lipinski definition) is 0. The standard InChI is InChI=1S/C17H11N5O2/c1-23-17-15(13-4-2-12(8-18)3-5-13)10-21-22(17)16-7-6-14(9-20-16)24-11-19/h2-7,9-10H,1H3. The number of pyridine rings is 1. The second-order valence-corrected chi connectivity index (χ2v) is 4.71. The van der Waals surface area contributed by atoms with Crippen LogP contribution in [0.25, 0.3) is 16.9 Å². The Bertz CT molecular complexity index is 931. The Balaban J connectivity index is 2.00. The highest BCUT2D eigenvalue weighted by molar-refractivity contribution is 5.69. The van der Waals surface area contributed by atoms with Crippen molar-refractivity contribution in [3.8, 4) is 40.9 Å². The Hall–Kier alpha value is -3.84. The highest BCUT2D eigenvalue weighted by Crippen LogP contribution is 2.31. The van der Waals surface area contributed by atoms with Gasteiger partial charge in [-0.3, -0.25) is 0 Å². The molecule has 0 unspecified atom stereocenters. The second-order valence-electron chi connectivity index (χ2n) is 4.71. The lowest BCUT2D eigenvalue weighted by Crippen LogP contribution is -2.02. The van der Waals surface area contributed by atoms with Gasteiger partial charge in [-0.15, -0.1) is 5.26 Å². The van der Waals surface area contributed by atoms with Crippen LogP contribution in [0.5, 0.6) is 11.6 Å². The van der Waals surface area contributed by atoms with Gasteiger partial charge in [0.15, 0.2) is 11.6 Å². The molecule has 0 bridgehead atoms. The third-order valence-electron chi connectivity index (χ3n) is 3.34. The molecule has 24 heavy (non-hydrogen) atoms. The predicted octanol–water partition coefficient (Wildman–Crippen LogP) is 2.67. The first-order valence-corrected chi connectivity index (χ1v) is 6.91. The molecule has 0 spiro atoms. The summed E-state index contributed by atoms with van der Waals surface area (Å²) in [5.74, 6) is 1.39. The Morgan fingerprint density at radius 1 is 1.04 bits per heavy atom. The number of nitrogens with zero attached hydrogens (tertiary/aromatic N) is 5. The molecule has 0 saturated carbocycles. The summed E-state index contributed by atoms with van der Waals surface area (Å²) < 4.78 is 11.7. The van der Waals surface area contributed by atoms with E-state index in [1.165, 1.54) is 6.20 Å². The molecule has 0 aliphatic heterocycles. The fraction of sp³-hybridized carbons (Fsp3) is 0.0588. The van der Waals surface area contributed by atoms with Gasteiger partial charge in [0, 0.05) is 0 Å². The summed E-state index contributed by atoms with van der Waals surface area (Å²) in [6, 6.07) is 12.5. The molecule has 3 aromatic rings. The first-order valence-electron chi connectivity index (χ1n) is 6.91. The van der Waals surface area contributed by atoms with Gasteiger partial charge >= 0.3 is 0 Å². The molecule has 0 amide bonds. The van der Waals surface area contributed by atoms with Crippen molar-refractivity contribution in [2.24, 2.45) is 0 Å². The van der Waals surface area contributed by atoms with E-state index in [4.69, 9.17) is 20.0 Å². The highest BCUT2D eigenvalue weighted by atomic mass is 16.5. The minimum Gasteiger partial charge on any atom is -0.480 e. The van der Waals surface area contributed by atoms with Crippen LogP contribution in [-0.2, 0) is 0 Å². The fourth-order valence-corrected chi connectivity index (χ4v) is 2.23. The summed E-state index contributed by atoms with van der Waals surface area (Å²) in [6.45, 7) is 0. The lowest BCUT2D eigenvalue weighted by Gasteiger charge is -2.08. The fourth-order valence-electron chi connectivity index (χ4n) is 2.23.